The Morgan fingerprint density at radius 3 is 2.54 bits per heavy atom. The van der Waals surface area contributed by atoms with Crippen LogP contribution in [0.5, 0.6) is 0 Å². The van der Waals surface area contributed by atoms with Crippen molar-refractivity contribution in [3.63, 3.8) is 0 Å². The van der Waals surface area contributed by atoms with E-state index >= 15 is 0 Å². The maximum Gasteiger partial charge on any atom is 0.0719 e. The molecule has 2 heteroatoms. The van der Waals surface area contributed by atoms with E-state index in [4.69, 9.17) is 0 Å². The molecule has 0 nitrogen and oxygen atoms in total. The predicted molar refractivity (Wildman–Crippen MR) is 62.6 cm³/mol. The lowest BCUT2D eigenvalue weighted by molar-refractivity contribution is 1.39. The van der Waals surface area contributed by atoms with Gasteiger partial charge in [-0.2, -0.15) is 11.3 Å². The first-order valence-electron chi connectivity index (χ1n) is 4.51. The fourth-order valence-corrected chi connectivity index (χ4v) is 4.09. The molecule has 66 valence electrons. The average Bonchev–Trinajstić information content (AvgIpc) is 2.69. The van der Waals surface area contributed by atoms with E-state index in [1.807, 2.05) is 11.3 Å². The largest absolute Gasteiger partial charge is 0.154 e. The van der Waals surface area contributed by atoms with Gasteiger partial charge in [0, 0.05) is 0 Å². The molecule has 1 heterocycles. The summed E-state index contributed by atoms with van der Waals surface area (Å²) in [5.41, 5.74) is 1.49. The Morgan fingerprint density at radius 2 is 1.85 bits per heavy atom. The van der Waals surface area contributed by atoms with E-state index in [-0.39, 0.29) is 9.52 Å². The Bertz CT molecular complexity index is 340. The fraction of sp³-hybridized carbons (Fsp3) is 0.0909. The van der Waals surface area contributed by atoms with Gasteiger partial charge in [0.25, 0.3) is 0 Å². The van der Waals surface area contributed by atoms with Crippen LogP contribution in [0.25, 0.3) is 0 Å². The number of hydrogen-bond acceptors (Lipinski definition) is 1. The second-order valence-electron chi connectivity index (χ2n) is 3.06. The zero-order valence-corrected chi connectivity index (χ0v) is 9.67. The van der Waals surface area contributed by atoms with Crippen LogP contribution in [0, 0.1) is 0 Å². The SMILES string of the molecule is c1ccc(C[SiH2]c2cccs2)cc1. The van der Waals surface area contributed by atoms with Gasteiger partial charge < -0.3 is 0 Å². The molecule has 0 unspecified atom stereocenters. The summed E-state index contributed by atoms with van der Waals surface area (Å²) in [4.78, 5) is 0. The summed E-state index contributed by atoms with van der Waals surface area (Å²) in [7, 11) is -0.0490. The van der Waals surface area contributed by atoms with Crippen LogP contribution in [0.2, 0.25) is 0 Å². The quantitative estimate of drug-likeness (QED) is 0.668. The molecule has 0 aliphatic carbocycles. The van der Waals surface area contributed by atoms with Crippen molar-refractivity contribution in [3.8, 4) is 0 Å². The molecule has 2 rings (SSSR count). The second kappa shape index (κ2) is 4.39. The lowest BCUT2D eigenvalue weighted by Gasteiger charge is -1.97. The third-order valence-electron chi connectivity index (χ3n) is 2.08. The van der Waals surface area contributed by atoms with E-state index in [0.29, 0.717) is 0 Å². The molecular weight excluding hydrogens is 192 g/mol. The standard InChI is InChI=1S/C11H12SSi/c1-2-5-10(6-3-1)9-13-11-7-4-8-12-11/h1-8H,9,13H2. The number of rotatable bonds is 3. The molecule has 0 amide bonds. The first-order chi connectivity index (χ1) is 6.45. The van der Waals surface area contributed by atoms with Crippen molar-refractivity contribution in [2.24, 2.45) is 0 Å². The Balaban J connectivity index is 1.94. The summed E-state index contributed by atoms with van der Waals surface area (Å²) in [6, 6.07) is 16.5. The zero-order valence-electron chi connectivity index (χ0n) is 7.44. The molecule has 0 N–H and O–H groups in total. The van der Waals surface area contributed by atoms with Crippen molar-refractivity contribution < 1.29 is 0 Å². The highest BCUT2D eigenvalue weighted by molar-refractivity contribution is 7.19. The maximum atomic E-state index is 2.26. The van der Waals surface area contributed by atoms with Crippen molar-refractivity contribution in [2.75, 3.05) is 0 Å². The summed E-state index contributed by atoms with van der Waals surface area (Å²) < 4.78 is 1.61. The molecule has 2 aromatic rings. The minimum atomic E-state index is -0.0490. The van der Waals surface area contributed by atoms with Gasteiger partial charge in [0.2, 0.25) is 0 Å². The van der Waals surface area contributed by atoms with Crippen molar-refractivity contribution in [1.82, 2.24) is 0 Å². The van der Waals surface area contributed by atoms with Crippen LogP contribution in [0.3, 0.4) is 0 Å². The highest BCUT2D eigenvalue weighted by atomic mass is 32.1. The molecular formula is C11H12SSi. The Labute approximate surface area is 85.1 Å². The first-order valence-corrected chi connectivity index (χ1v) is 7.10. The molecule has 0 aliphatic heterocycles. The van der Waals surface area contributed by atoms with Gasteiger partial charge in [0.1, 0.15) is 0 Å². The van der Waals surface area contributed by atoms with E-state index in [2.05, 4.69) is 47.8 Å². The fourth-order valence-electron chi connectivity index (χ4n) is 1.37. The van der Waals surface area contributed by atoms with Crippen LogP contribution in [0.4, 0.5) is 0 Å². The molecule has 0 saturated carbocycles. The topological polar surface area (TPSA) is 0 Å². The Morgan fingerprint density at radius 1 is 1.00 bits per heavy atom. The predicted octanol–water partition coefficient (Wildman–Crippen LogP) is 1.74. The van der Waals surface area contributed by atoms with Gasteiger partial charge in [-0.15, -0.1) is 0 Å². The van der Waals surface area contributed by atoms with Crippen LogP contribution < -0.4 is 4.50 Å². The van der Waals surface area contributed by atoms with Gasteiger partial charge in [-0.05, 0) is 15.9 Å². The van der Waals surface area contributed by atoms with Gasteiger partial charge in [0.05, 0.1) is 9.52 Å². The normalized spacial score (nSPS) is 11.1. The number of thiophene rings is 1. The molecule has 1 aromatic heterocycles. The van der Waals surface area contributed by atoms with Crippen LogP contribution in [-0.2, 0) is 6.04 Å². The van der Waals surface area contributed by atoms with Crippen LogP contribution in [0.15, 0.2) is 47.8 Å². The molecule has 0 aliphatic rings. The summed E-state index contributed by atoms with van der Waals surface area (Å²) in [6.45, 7) is 0. The van der Waals surface area contributed by atoms with E-state index in [1.165, 1.54) is 11.6 Å². The van der Waals surface area contributed by atoms with Crippen molar-refractivity contribution in [1.29, 1.82) is 0 Å². The zero-order chi connectivity index (χ0) is 8.93. The molecule has 0 bridgehead atoms. The molecule has 13 heavy (non-hydrogen) atoms. The van der Waals surface area contributed by atoms with Crippen molar-refractivity contribution in [3.05, 3.63) is 53.4 Å². The second-order valence-corrected chi connectivity index (χ2v) is 6.37. The third-order valence-corrected chi connectivity index (χ3v) is 5.48. The lowest BCUT2D eigenvalue weighted by Crippen LogP contribution is -2.11. The molecule has 0 atom stereocenters. The average molecular weight is 204 g/mol. The monoisotopic (exact) mass is 204 g/mol. The summed E-state index contributed by atoms with van der Waals surface area (Å²) in [6.07, 6.45) is 0. The van der Waals surface area contributed by atoms with Gasteiger partial charge >= 0.3 is 0 Å². The molecule has 1 aromatic carbocycles. The summed E-state index contributed by atoms with van der Waals surface area (Å²) in [5.74, 6) is 0. The Kier molecular flexibility index (Phi) is 2.95. The van der Waals surface area contributed by atoms with E-state index in [9.17, 15) is 0 Å². The molecule has 0 saturated heterocycles. The number of benzene rings is 1. The van der Waals surface area contributed by atoms with Crippen LogP contribution in [0.1, 0.15) is 5.56 Å². The summed E-state index contributed by atoms with van der Waals surface area (Å²) >= 11 is 1.90. The van der Waals surface area contributed by atoms with Crippen molar-refractivity contribution in [2.45, 2.75) is 6.04 Å². The van der Waals surface area contributed by atoms with Crippen molar-refractivity contribution >= 4 is 25.4 Å². The highest BCUT2D eigenvalue weighted by Crippen LogP contribution is 1.99. The highest BCUT2D eigenvalue weighted by Gasteiger charge is 1.95. The summed E-state index contributed by atoms with van der Waals surface area (Å²) in [5, 5.41) is 2.17. The van der Waals surface area contributed by atoms with E-state index in [1.54, 1.807) is 4.50 Å². The third kappa shape index (κ3) is 2.54. The smallest absolute Gasteiger partial charge is 0.0719 e. The maximum absolute atomic E-state index is 2.26. The molecule has 0 radical (unpaired) electrons. The lowest BCUT2D eigenvalue weighted by atomic mass is 10.2. The number of hydrogen-bond donors (Lipinski definition) is 0. The Hall–Kier alpha value is -0.863. The minimum absolute atomic E-state index is 0.0490. The van der Waals surface area contributed by atoms with Gasteiger partial charge in [-0.1, -0.05) is 48.0 Å². The minimum Gasteiger partial charge on any atom is -0.154 e. The van der Waals surface area contributed by atoms with Gasteiger partial charge in [0.15, 0.2) is 0 Å². The van der Waals surface area contributed by atoms with Gasteiger partial charge in [-0.25, -0.2) is 0 Å². The van der Waals surface area contributed by atoms with Crippen LogP contribution >= 0.6 is 11.3 Å². The molecule has 0 fully saturated rings. The van der Waals surface area contributed by atoms with Crippen LogP contribution in [-0.4, -0.2) is 9.52 Å². The first kappa shape index (κ1) is 8.72. The van der Waals surface area contributed by atoms with E-state index in [0.717, 1.165) is 0 Å². The van der Waals surface area contributed by atoms with E-state index < -0.39 is 0 Å². The van der Waals surface area contributed by atoms with Gasteiger partial charge in [-0.3, -0.25) is 0 Å². The molecule has 0 spiro atoms.